The summed E-state index contributed by atoms with van der Waals surface area (Å²) in [6.07, 6.45) is 1.63. The van der Waals surface area contributed by atoms with Gasteiger partial charge in [-0.25, -0.2) is 4.98 Å². The lowest BCUT2D eigenvalue weighted by Crippen LogP contribution is -2.11. The normalized spacial score (nSPS) is 11.2. The lowest BCUT2D eigenvalue weighted by molar-refractivity contribution is 0.402. The Morgan fingerprint density at radius 3 is 2.81 bits per heavy atom. The minimum Gasteiger partial charge on any atom is -0.416 e. The van der Waals surface area contributed by atoms with Gasteiger partial charge in [0.1, 0.15) is 5.52 Å². The topological polar surface area (TPSA) is 94.6 Å². The number of nitrogens with zero attached hydrogens (tertiary/aromatic N) is 5. The summed E-state index contributed by atoms with van der Waals surface area (Å²) >= 11 is 0. The van der Waals surface area contributed by atoms with Gasteiger partial charge in [0.2, 0.25) is 11.8 Å². The predicted molar refractivity (Wildman–Crippen MR) is 96.9 cm³/mol. The minimum absolute atomic E-state index is 0.375. The van der Waals surface area contributed by atoms with Crippen LogP contribution in [-0.4, -0.2) is 39.2 Å². The molecular weight excluding hydrogens is 328 g/mol. The van der Waals surface area contributed by atoms with E-state index < -0.39 is 0 Å². The summed E-state index contributed by atoms with van der Waals surface area (Å²) in [7, 11) is 3.93. The van der Waals surface area contributed by atoms with Crippen LogP contribution >= 0.6 is 0 Å². The smallest absolute Gasteiger partial charge is 0.250 e. The van der Waals surface area contributed by atoms with E-state index in [-0.39, 0.29) is 0 Å². The van der Waals surface area contributed by atoms with Crippen LogP contribution in [0.5, 0.6) is 0 Å². The van der Waals surface area contributed by atoms with Gasteiger partial charge in [0, 0.05) is 12.1 Å². The van der Waals surface area contributed by atoms with E-state index in [0.717, 1.165) is 27.7 Å². The third-order valence-corrected chi connectivity index (χ3v) is 4.07. The second-order valence-corrected chi connectivity index (χ2v) is 6.24. The number of hydrogen-bond donors (Lipinski definition) is 1. The van der Waals surface area contributed by atoms with Gasteiger partial charge >= 0.3 is 0 Å². The average Bonchev–Trinajstić information content (AvgIpc) is 3.30. The first-order valence-corrected chi connectivity index (χ1v) is 8.10. The molecular formula is C19H16N6O. The minimum atomic E-state index is 0.375. The van der Waals surface area contributed by atoms with Crippen molar-refractivity contribution in [1.29, 1.82) is 5.26 Å². The average molecular weight is 344 g/mol. The van der Waals surface area contributed by atoms with Crippen molar-refractivity contribution in [2.24, 2.45) is 0 Å². The van der Waals surface area contributed by atoms with Crippen molar-refractivity contribution >= 4 is 11.0 Å². The number of rotatable bonds is 4. The summed E-state index contributed by atoms with van der Waals surface area (Å²) in [6.45, 7) is 0.694. The fourth-order valence-electron chi connectivity index (χ4n) is 2.88. The summed E-state index contributed by atoms with van der Waals surface area (Å²) in [6, 6.07) is 13.6. The fourth-order valence-corrected chi connectivity index (χ4v) is 2.88. The quantitative estimate of drug-likeness (QED) is 0.611. The summed E-state index contributed by atoms with van der Waals surface area (Å²) in [4.78, 5) is 9.40. The molecule has 7 heteroatoms. The highest BCUT2D eigenvalue weighted by atomic mass is 16.4. The largest absolute Gasteiger partial charge is 0.416 e. The molecule has 4 rings (SSSR count). The van der Waals surface area contributed by atoms with Crippen LogP contribution in [0.3, 0.4) is 0 Å². The first-order valence-electron chi connectivity index (χ1n) is 8.10. The van der Waals surface area contributed by atoms with E-state index in [1.165, 1.54) is 0 Å². The van der Waals surface area contributed by atoms with E-state index in [1.54, 1.807) is 12.4 Å². The lowest BCUT2D eigenvalue weighted by atomic mass is 10.0. The molecule has 0 unspecified atom stereocenters. The van der Waals surface area contributed by atoms with E-state index in [1.807, 2.05) is 49.3 Å². The molecule has 0 saturated carbocycles. The maximum Gasteiger partial charge on any atom is 0.250 e. The number of nitriles is 1. The van der Waals surface area contributed by atoms with Crippen LogP contribution in [0.4, 0.5) is 0 Å². The molecule has 7 nitrogen and oxygen atoms in total. The first kappa shape index (κ1) is 16.0. The Labute approximate surface area is 149 Å². The molecule has 0 radical (unpaired) electrons. The molecule has 0 atom stereocenters. The number of hydrogen-bond acceptors (Lipinski definition) is 6. The Morgan fingerprint density at radius 2 is 2.00 bits per heavy atom. The van der Waals surface area contributed by atoms with Crippen molar-refractivity contribution in [2.45, 2.75) is 6.54 Å². The molecule has 0 bridgehead atoms. The number of benzene rings is 2. The molecule has 2 aromatic carbocycles. The van der Waals surface area contributed by atoms with Crippen LogP contribution < -0.4 is 0 Å². The van der Waals surface area contributed by atoms with Gasteiger partial charge in [-0.3, -0.25) is 0 Å². The van der Waals surface area contributed by atoms with Crippen molar-refractivity contribution < 1.29 is 4.42 Å². The van der Waals surface area contributed by atoms with Crippen molar-refractivity contribution in [3.8, 4) is 29.0 Å². The Balaban J connectivity index is 1.73. The first-order chi connectivity index (χ1) is 12.7. The van der Waals surface area contributed by atoms with Crippen LogP contribution in [-0.2, 0) is 6.54 Å². The van der Waals surface area contributed by atoms with Crippen LogP contribution in [0.2, 0.25) is 0 Å². The standard InChI is InChI=1S/C19H16N6O/c1-25(2)10-13-7-6-12(8-14(13)9-20)18-23-24-19(26-18)15-4-3-5-16-17(15)22-11-21-16/h3-8,11H,10H2,1-2H3,(H,21,22). The van der Waals surface area contributed by atoms with E-state index in [4.69, 9.17) is 4.42 Å². The van der Waals surface area contributed by atoms with Crippen LogP contribution in [0.25, 0.3) is 33.9 Å². The third kappa shape index (κ3) is 2.83. The second-order valence-electron chi connectivity index (χ2n) is 6.24. The highest BCUT2D eigenvalue weighted by Crippen LogP contribution is 2.29. The fraction of sp³-hybridized carbons (Fsp3) is 0.158. The molecule has 0 saturated heterocycles. The van der Waals surface area contributed by atoms with E-state index in [0.29, 0.717) is 23.9 Å². The number of para-hydroxylation sites is 1. The Bertz CT molecular complexity index is 1120. The Hall–Kier alpha value is -3.50. The zero-order valence-corrected chi connectivity index (χ0v) is 14.4. The van der Waals surface area contributed by atoms with Crippen LogP contribution in [0.1, 0.15) is 11.1 Å². The van der Waals surface area contributed by atoms with Gasteiger partial charge in [0.25, 0.3) is 0 Å². The van der Waals surface area contributed by atoms with E-state index in [9.17, 15) is 5.26 Å². The monoisotopic (exact) mass is 344 g/mol. The summed E-state index contributed by atoms with van der Waals surface area (Å²) in [5.41, 5.74) is 4.74. The van der Waals surface area contributed by atoms with Gasteiger partial charge in [0.05, 0.1) is 29.0 Å². The second kappa shape index (κ2) is 6.43. The number of imidazole rings is 1. The third-order valence-electron chi connectivity index (χ3n) is 4.07. The number of fused-ring (bicyclic) bond motifs is 1. The zero-order chi connectivity index (χ0) is 18.1. The molecule has 0 aliphatic heterocycles. The number of nitrogens with one attached hydrogen (secondary N) is 1. The number of aromatic amines is 1. The molecule has 0 amide bonds. The molecule has 2 heterocycles. The SMILES string of the molecule is CN(C)Cc1ccc(-c2nnc(-c3cccc4[nH]cnc34)o2)cc1C#N. The number of aromatic nitrogens is 4. The van der Waals surface area contributed by atoms with E-state index >= 15 is 0 Å². The molecule has 0 spiro atoms. The number of H-pyrrole nitrogens is 1. The van der Waals surface area contributed by atoms with Gasteiger partial charge in [-0.2, -0.15) is 5.26 Å². The molecule has 0 fully saturated rings. The maximum absolute atomic E-state index is 9.43. The lowest BCUT2D eigenvalue weighted by Gasteiger charge is -2.11. The van der Waals surface area contributed by atoms with Crippen molar-refractivity contribution in [3.05, 3.63) is 53.9 Å². The maximum atomic E-state index is 9.43. The van der Waals surface area contributed by atoms with Crippen molar-refractivity contribution in [1.82, 2.24) is 25.1 Å². The van der Waals surface area contributed by atoms with E-state index in [2.05, 4.69) is 26.2 Å². The van der Waals surface area contributed by atoms with Gasteiger partial charge in [-0.05, 0) is 43.9 Å². The molecule has 128 valence electrons. The summed E-state index contributed by atoms with van der Waals surface area (Å²) < 4.78 is 5.86. The molecule has 0 aliphatic carbocycles. The highest BCUT2D eigenvalue weighted by molar-refractivity contribution is 5.89. The van der Waals surface area contributed by atoms with Crippen LogP contribution in [0, 0.1) is 11.3 Å². The highest BCUT2D eigenvalue weighted by Gasteiger charge is 2.15. The molecule has 1 N–H and O–H groups in total. The van der Waals surface area contributed by atoms with Gasteiger partial charge in [-0.15, -0.1) is 10.2 Å². The predicted octanol–water partition coefficient (Wildman–Crippen LogP) is 3.21. The molecule has 26 heavy (non-hydrogen) atoms. The van der Waals surface area contributed by atoms with Gasteiger partial charge < -0.3 is 14.3 Å². The zero-order valence-electron chi connectivity index (χ0n) is 14.4. The summed E-state index contributed by atoms with van der Waals surface area (Å²) in [5.74, 6) is 0.772. The summed E-state index contributed by atoms with van der Waals surface area (Å²) in [5, 5.41) is 17.7. The Morgan fingerprint density at radius 1 is 1.15 bits per heavy atom. The van der Waals surface area contributed by atoms with Gasteiger partial charge in [-0.1, -0.05) is 12.1 Å². The molecule has 4 aromatic rings. The van der Waals surface area contributed by atoms with Crippen LogP contribution in [0.15, 0.2) is 47.1 Å². The molecule has 2 aromatic heterocycles. The van der Waals surface area contributed by atoms with Crippen molar-refractivity contribution in [2.75, 3.05) is 14.1 Å². The van der Waals surface area contributed by atoms with Crippen molar-refractivity contribution in [3.63, 3.8) is 0 Å². The molecule has 0 aliphatic rings. The Kier molecular flexibility index (Phi) is 3.95. The van der Waals surface area contributed by atoms with Gasteiger partial charge in [0.15, 0.2) is 0 Å².